The van der Waals surface area contributed by atoms with Crippen LogP contribution in [0, 0.1) is 0 Å². The molecule has 1 aromatic heterocycles. The first-order valence-electron chi connectivity index (χ1n) is 9.11. The fourth-order valence-electron chi connectivity index (χ4n) is 3.26. The Bertz CT molecular complexity index is 774. The third-order valence-corrected chi connectivity index (χ3v) is 4.62. The van der Waals surface area contributed by atoms with E-state index in [0.717, 1.165) is 24.8 Å². The lowest BCUT2D eigenvalue weighted by atomic mass is 9.85. The zero-order chi connectivity index (χ0) is 18.6. The molecular formula is C19H24N4O3. The number of aromatic nitrogens is 2. The van der Waals surface area contributed by atoms with Crippen LogP contribution in [-0.2, 0) is 23.3 Å². The van der Waals surface area contributed by atoms with Gasteiger partial charge >= 0.3 is 6.03 Å². The zero-order valence-corrected chi connectivity index (χ0v) is 15.2. The van der Waals surface area contributed by atoms with E-state index < -0.39 is 11.6 Å². The largest absolute Gasteiger partial charge is 0.337 e. The Morgan fingerprint density at radius 3 is 2.62 bits per heavy atom. The highest BCUT2D eigenvalue weighted by Crippen LogP contribution is 2.34. The Labute approximate surface area is 152 Å². The first-order valence-corrected chi connectivity index (χ1v) is 9.11. The van der Waals surface area contributed by atoms with E-state index in [1.165, 1.54) is 4.90 Å². The molecule has 2 aromatic rings. The number of urea groups is 1. The molecule has 26 heavy (non-hydrogen) atoms. The molecule has 0 radical (unpaired) electrons. The van der Waals surface area contributed by atoms with E-state index in [1.54, 1.807) is 0 Å². The van der Waals surface area contributed by atoms with Crippen LogP contribution in [0.25, 0.3) is 0 Å². The molecule has 0 bridgehead atoms. The summed E-state index contributed by atoms with van der Waals surface area (Å²) >= 11 is 0. The van der Waals surface area contributed by atoms with Gasteiger partial charge in [-0.3, -0.25) is 9.69 Å². The summed E-state index contributed by atoms with van der Waals surface area (Å²) in [4.78, 5) is 31.2. The Morgan fingerprint density at radius 1 is 1.15 bits per heavy atom. The maximum Gasteiger partial charge on any atom is 0.325 e. The van der Waals surface area contributed by atoms with Crippen LogP contribution >= 0.6 is 0 Å². The molecule has 2 heterocycles. The van der Waals surface area contributed by atoms with E-state index >= 15 is 0 Å². The van der Waals surface area contributed by atoms with Crippen LogP contribution in [0.15, 0.2) is 34.9 Å². The van der Waals surface area contributed by atoms with Crippen LogP contribution < -0.4 is 5.32 Å². The quantitative estimate of drug-likeness (QED) is 0.734. The third-order valence-electron chi connectivity index (χ3n) is 4.62. The predicted molar refractivity (Wildman–Crippen MR) is 95.0 cm³/mol. The van der Waals surface area contributed by atoms with Gasteiger partial charge in [0.2, 0.25) is 5.89 Å². The first kappa shape index (κ1) is 18.1. The summed E-state index contributed by atoms with van der Waals surface area (Å²) in [7, 11) is 0. The number of nitrogens with one attached hydrogen (secondary N) is 1. The number of hydrogen-bond acceptors (Lipinski definition) is 5. The Morgan fingerprint density at radius 2 is 1.92 bits per heavy atom. The lowest BCUT2D eigenvalue weighted by molar-refractivity contribution is -0.132. The van der Waals surface area contributed by atoms with Crippen molar-refractivity contribution in [3.63, 3.8) is 0 Å². The summed E-state index contributed by atoms with van der Waals surface area (Å²) in [6, 6.07) is 8.97. The fraction of sp³-hybridized carbons (Fsp3) is 0.474. The minimum absolute atomic E-state index is 0.0118. The molecular weight excluding hydrogens is 332 g/mol. The second-order valence-corrected chi connectivity index (χ2v) is 6.55. The number of hydrogen-bond donors (Lipinski definition) is 1. The van der Waals surface area contributed by atoms with Crippen molar-refractivity contribution in [2.24, 2.45) is 0 Å². The van der Waals surface area contributed by atoms with E-state index in [-0.39, 0.29) is 18.3 Å². The minimum Gasteiger partial charge on any atom is -0.337 e. The summed E-state index contributed by atoms with van der Waals surface area (Å²) in [5, 5.41) is 6.80. The number of unbranched alkanes of at least 4 members (excludes halogenated alkanes) is 1. The average Bonchev–Trinajstić information content (AvgIpc) is 3.19. The highest BCUT2D eigenvalue weighted by atomic mass is 16.5. The lowest BCUT2D eigenvalue weighted by Crippen LogP contribution is -2.44. The summed E-state index contributed by atoms with van der Waals surface area (Å²) in [6.45, 7) is 4.07. The van der Waals surface area contributed by atoms with Crippen molar-refractivity contribution >= 4 is 11.9 Å². The number of aryl methyl sites for hydroxylation is 1. The maximum atomic E-state index is 13.2. The third kappa shape index (κ3) is 3.34. The van der Waals surface area contributed by atoms with E-state index in [0.29, 0.717) is 18.7 Å². The Hall–Kier alpha value is -2.70. The van der Waals surface area contributed by atoms with Gasteiger partial charge in [-0.1, -0.05) is 62.2 Å². The Balaban J connectivity index is 1.86. The van der Waals surface area contributed by atoms with Crippen molar-refractivity contribution in [2.45, 2.75) is 58.0 Å². The standard InChI is InChI=1S/C19H24N4O3/c1-3-5-12-19(14-10-7-6-8-11-14)17(24)23(18(25)21-19)13-16-20-15(9-4-2)22-26-16/h6-8,10-11H,3-5,9,12-13H2,1-2H3,(H,21,25). The topological polar surface area (TPSA) is 88.3 Å². The van der Waals surface area contributed by atoms with Gasteiger partial charge < -0.3 is 9.84 Å². The van der Waals surface area contributed by atoms with Gasteiger partial charge in [-0.05, 0) is 18.4 Å². The molecule has 0 saturated carbocycles. The van der Waals surface area contributed by atoms with Gasteiger partial charge in [-0.15, -0.1) is 0 Å². The van der Waals surface area contributed by atoms with Crippen molar-refractivity contribution in [2.75, 3.05) is 0 Å². The molecule has 0 aliphatic carbocycles. The molecule has 138 valence electrons. The molecule has 1 fully saturated rings. The Kier molecular flexibility index (Phi) is 5.35. The molecule has 7 nitrogen and oxygen atoms in total. The van der Waals surface area contributed by atoms with E-state index in [9.17, 15) is 9.59 Å². The highest BCUT2D eigenvalue weighted by molar-refractivity contribution is 6.07. The normalized spacial score (nSPS) is 19.8. The molecule has 1 unspecified atom stereocenters. The molecule has 0 spiro atoms. The monoisotopic (exact) mass is 356 g/mol. The van der Waals surface area contributed by atoms with Gasteiger partial charge in [-0.25, -0.2) is 4.79 Å². The molecule has 1 aliphatic heterocycles. The predicted octanol–water partition coefficient (Wildman–Crippen LogP) is 3.16. The van der Waals surface area contributed by atoms with Crippen LogP contribution in [0.4, 0.5) is 4.79 Å². The van der Waals surface area contributed by atoms with Crippen LogP contribution in [0.2, 0.25) is 0 Å². The molecule has 3 amide bonds. The number of nitrogens with zero attached hydrogens (tertiary/aromatic N) is 3. The second kappa shape index (κ2) is 7.68. The number of rotatable bonds is 8. The van der Waals surface area contributed by atoms with Crippen molar-refractivity contribution in [1.29, 1.82) is 0 Å². The summed E-state index contributed by atoms with van der Waals surface area (Å²) < 4.78 is 5.20. The lowest BCUT2D eigenvalue weighted by Gasteiger charge is -2.27. The van der Waals surface area contributed by atoms with E-state index in [4.69, 9.17) is 4.52 Å². The number of carbonyl (C=O) groups excluding carboxylic acids is 2. The summed E-state index contributed by atoms with van der Waals surface area (Å²) in [5.41, 5.74) is -0.229. The fourth-order valence-corrected chi connectivity index (χ4v) is 3.26. The molecule has 1 N–H and O–H groups in total. The van der Waals surface area contributed by atoms with Crippen molar-refractivity contribution in [1.82, 2.24) is 20.4 Å². The molecule has 3 rings (SSSR count). The molecule has 1 aliphatic rings. The molecule has 1 aromatic carbocycles. The number of imide groups is 1. The number of amides is 3. The molecule has 1 saturated heterocycles. The highest BCUT2D eigenvalue weighted by Gasteiger charge is 2.52. The van der Waals surface area contributed by atoms with Gasteiger partial charge in [-0.2, -0.15) is 4.98 Å². The number of carbonyl (C=O) groups is 2. The van der Waals surface area contributed by atoms with Gasteiger partial charge in [0.05, 0.1) is 0 Å². The van der Waals surface area contributed by atoms with Crippen LogP contribution in [0.5, 0.6) is 0 Å². The van der Waals surface area contributed by atoms with Crippen molar-refractivity contribution in [3.05, 3.63) is 47.6 Å². The van der Waals surface area contributed by atoms with Crippen molar-refractivity contribution in [3.8, 4) is 0 Å². The van der Waals surface area contributed by atoms with Gasteiger partial charge in [0, 0.05) is 6.42 Å². The van der Waals surface area contributed by atoms with Crippen LogP contribution in [0.1, 0.15) is 56.8 Å². The van der Waals surface area contributed by atoms with Crippen LogP contribution in [-0.4, -0.2) is 27.0 Å². The molecule has 1 atom stereocenters. The summed E-state index contributed by atoms with van der Waals surface area (Å²) in [6.07, 6.45) is 3.92. The van der Waals surface area contributed by atoms with Gasteiger partial charge in [0.25, 0.3) is 5.91 Å². The first-order chi connectivity index (χ1) is 12.6. The smallest absolute Gasteiger partial charge is 0.325 e. The van der Waals surface area contributed by atoms with Crippen LogP contribution in [0.3, 0.4) is 0 Å². The van der Waals surface area contributed by atoms with Crippen molar-refractivity contribution < 1.29 is 14.1 Å². The van der Waals surface area contributed by atoms with Gasteiger partial charge in [0.15, 0.2) is 5.82 Å². The zero-order valence-electron chi connectivity index (χ0n) is 15.2. The maximum absolute atomic E-state index is 13.2. The molecule has 7 heteroatoms. The van der Waals surface area contributed by atoms with Gasteiger partial charge in [0.1, 0.15) is 12.1 Å². The van der Waals surface area contributed by atoms with E-state index in [1.807, 2.05) is 37.3 Å². The summed E-state index contributed by atoms with van der Waals surface area (Å²) in [5.74, 6) is 0.601. The minimum atomic E-state index is -1.03. The van der Waals surface area contributed by atoms with E-state index in [2.05, 4.69) is 22.4 Å². The second-order valence-electron chi connectivity index (χ2n) is 6.55. The average molecular weight is 356 g/mol. The SMILES string of the molecule is CCCCC1(c2ccccc2)NC(=O)N(Cc2nc(CCC)no2)C1=O. The number of benzene rings is 1.